The van der Waals surface area contributed by atoms with E-state index in [9.17, 15) is 0 Å². The molecule has 0 saturated carbocycles. The van der Waals surface area contributed by atoms with Gasteiger partial charge in [-0.15, -0.1) is 0 Å². The summed E-state index contributed by atoms with van der Waals surface area (Å²) in [5.74, 6) is 0.638. The van der Waals surface area contributed by atoms with Gasteiger partial charge in [0.05, 0.1) is 5.39 Å². The molecule has 5 heteroatoms. The van der Waals surface area contributed by atoms with Crippen molar-refractivity contribution < 1.29 is 13.7 Å². The van der Waals surface area contributed by atoms with Gasteiger partial charge < -0.3 is 0 Å². The van der Waals surface area contributed by atoms with Crippen LogP contribution >= 0.6 is 0 Å². The average molecular weight is 845 g/mol. The Bertz CT molecular complexity index is 3050. The smallest absolute Gasteiger partial charge is 0.231 e. The summed E-state index contributed by atoms with van der Waals surface area (Å²) in [7, 11) is 6.42. The normalized spacial score (nSPS) is 11.2. The highest BCUT2D eigenvalue weighted by atomic mass is 15.0. The zero-order valence-electron chi connectivity index (χ0n) is 40.6. The van der Waals surface area contributed by atoms with Crippen LogP contribution in [0.5, 0.6) is 0 Å². The number of benzene rings is 4. The van der Waals surface area contributed by atoms with E-state index < -0.39 is 0 Å². The molecule has 0 saturated heterocycles. The molecule has 324 valence electrons. The van der Waals surface area contributed by atoms with E-state index >= 15 is 0 Å². The summed E-state index contributed by atoms with van der Waals surface area (Å²) < 4.78 is 6.82. The number of para-hydroxylation sites is 1. The van der Waals surface area contributed by atoms with E-state index in [1.807, 2.05) is 18.6 Å². The van der Waals surface area contributed by atoms with Gasteiger partial charge in [0.2, 0.25) is 33.6 Å². The first-order valence-electron chi connectivity index (χ1n) is 22.6. The molecule has 9 rings (SSSR count). The van der Waals surface area contributed by atoms with Gasteiger partial charge in [0.1, 0.15) is 26.7 Å². The van der Waals surface area contributed by atoms with Crippen molar-refractivity contribution in [2.45, 2.75) is 82.6 Å². The van der Waals surface area contributed by atoms with E-state index in [-0.39, 0.29) is 0 Å². The molecule has 64 heavy (non-hydrogen) atoms. The van der Waals surface area contributed by atoms with Crippen molar-refractivity contribution in [3.63, 3.8) is 0 Å². The fraction of sp³-hybridized carbons (Fsp3) is 0.271. The summed E-state index contributed by atoms with van der Waals surface area (Å²) in [4.78, 5) is 8.86. The van der Waals surface area contributed by atoms with E-state index in [0.29, 0.717) is 5.92 Å². The van der Waals surface area contributed by atoms with Gasteiger partial charge in [-0.25, -0.2) is 4.98 Å². The van der Waals surface area contributed by atoms with Gasteiger partial charge in [-0.05, 0) is 156 Å². The first-order valence-corrected chi connectivity index (χ1v) is 22.6. The molecule has 0 spiro atoms. The molecule has 0 aliphatic carbocycles. The first-order chi connectivity index (χ1) is 30.5. The predicted molar refractivity (Wildman–Crippen MR) is 268 cm³/mol. The molecule has 9 aromatic rings. The second kappa shape index (κ2) is 19.0. The fourth-order valence-electron chi connectivity index (χ4n) is 9.20. The molecule has 0 amide bonds. The first kappa shape index (κ1) is 45.4. The predicted octanol–water partition coefficient (Wildman–Crippen LogP) is 12.8. The Hall–Kier alpha value is -6.59. The third kappa shape index (κ3) is 9.50. The van der Waals surface area contributed by atoms with Gasteiger partial charge in [0.15, 0.2) is 0 Å². The van der Waals surface area contributed by atoms with Crippen LogP contribution in [-0.4, -0.2) is 9.97 Å². The van der Waals surface area contributed by atoms with Crippen LogP contribution in [0.4, 0.5) is 0 Å². The molecule has 0 aliphatic rings. The van der Waals surface area contributed by atoms with E-state index in [1.165, 1.54) is 117 Å². The standard InChI is InChI=1S/C22H27N2.C19H20N.C18H19N2/c1-14(2)9-18-12-22-20(23-13-18)7-8-21(24(22)6)19-11-15(3)10-16(4)17(19)5;1-13-11-14(2)15(3)17(12-13)19-10-9-16-7-5-6-8-18(16)20(19)4;1-12-9-13(2)14(3)16(10-12)18-6-5-15-11-19-8-7-17(15)20(18)4/h7-8,10-14H,9H2,1-6H3;5-12H,1-4H3;5-11H,1-4H3/q3*+1. The maximum atomic E-state index is 4.67. The molecule has 4 aromatic carbocycles. The Labute approximate surface area is 381 Å². The van der Waals surface area contributed by atoms with Gasteiger partial charge in [0, 0.05) is 77.1 Å². The number of aryl methyl sites for hydroxylation is 9. The number of pyridine rings is 5. The van der Waals surface area contributed by atoms with Crippen LogP contribution in [0, 0.1) is 68.2 Å². The van der Waals surface area contributed by atoms with E-state index in [2.05, 4.69) is 230 Å². The van der Waals surface area contributed by atoms with Gasteiger partial charge in [0.25, 0.3) is 0 Å². The minimum atomic E-state index is 0.638. The highest BCUT2D eigenvalue weighted by Gasteiger charge is 2.20. The van der Waals surface area contributed by atoms with Crippen molar-refractivity contribution >= 4 is 32.8 Å². The third-order valence-corrected chi connectivity index (χ3v) is 13.0. The monoisotopic (exact) mass is 845 g/mol. The van der Waals surface area contributed by atoms with E-state index in [1.54, 1.807) is 0 Å². The average Bonchev–Trinajstić information content (AvgIpc) is 3.26. The number of hydrogen-bond donors (Lipinski definition) is 0. The summed E-state index contributed by atoms with van der Waals surface area (Å²) in [5.41, 5.74) is 25.8. The molecule has 0 fully saturated rings. The summed E-state index contributed by atoms with van der Waals surface area (Å²) in [6.07, 6.45) is 6.84. The largest absolute Gasteiger partial charge is 0.264 e. The van der Waals surface area contributed by atoms with Crippen LogP contribution in [-0.2, 0) is 27.6 Å². The summed E-state index contributed by atoms with van der Waals surface area (Å²) in [6, 6.07) is 39.6. The molecule has 5 nitrogen and oxygen atoms in total. The van der Waals surface area contributed by atoms with Crippen molar-refractivity contribution in [2.75, 3.05) is 0 Å². The number of aromatic nitrogens is 5. The lowest BCUT2D eigenvalue weighted by molar-refractivity contribution is -0.633. The minimum absolute atomic E-state index is 0.638. The maximum Gasteiger partial charge on any atom is 0.231 e. The molecule has 0 N–H and O–H groups in total. The molecule has 0 unspecified atom stereocenters. The SMILES string of the molecule is Cc1cc(C)c(C)c(-c2ccc3ccccc3[n+]2C)c1.Cc1cc(C)c(C)c(-c2ccc3cnccc3[n+]2C)c1.Cc1cc(C)c(C)c(-c2ccc3ncc(CC(C)C)cc3[n+]2C)c1. The minimum Gasteiger partial charge on any atom is -0.264 e. The Kier molecular flexibility index (Phi) is 13.5. The number of fused-ring (bicyclic) bond motifs is 3. The highest BCUT2D eigenvalue weighted by Crippen LogP contribution is 2.29. The zero-order valence-corrected chi connectivity index (χ0v) is 40.6. The highest BCUT2D eigenvalue weighted by molar-refractivity contribution is 5.79. The summed E-state index contributed by atoms with van der Waals surface area (Å²) in [5, 5.41) is 2.45. The second-order valence-corrected chi connectivity index (χ2v) is 18.4. The molecule has 5 aromatic heterocycles. The molecule has 0 radical (unpaired) electrons. The number of rotatable bonds is 5. The lowest BCUT2D eigenvalue weighted by atomic mass is 9.97. The van der Waals surface area contributed by atoms with Gasteiger partial charge in [-0.2, -0.15) is 13.7 Å². The van der Waals surface area contributed by atoms with E-state index in [0.717, 1.165) is 11.9 Å². The van der Waals surface area contributed by atoms with E-state index in [4.69, 9.17) is 0 Å². The number of hydrogen-bond acceptors (Lipinski definition) is 2. The van der Waals surface area contributed by atoms with Crippen LogP contribution in [0.25, 0.3) is 66.6 Å². The maximum absolute atomic E-state index is 4.67. The Balaban J connectivity index is 0.000000144. The van der Waals surface area contributed by atoms with Gasteiger partial charge >= 0.3 is 0 Å². The van der Waals surface area contributed by atoms with Crippen molar-refractivity contribution in [1.29, 1.82) is 0 Å². The van der Waals surface area contributed by atoms with Crippen LogP contribution < -0.4 is 13.7 Å². The molecular weight excluding hydrogens is 779 g/mol. The van der Waals surface area contributed by atoms with Crippen molar-refractivity contribution in [1.82, 2.24) is 9.97 Å². The van der Waals surface area contributed by atoms with Crippen molar-refractivity contribution in [3.05, 3.63) is 183 Å². The van der Waals surface area contributed by atoms with Crippen LogP contribution in [0.3, 0.4) is 0 Å². The molecule has 0 bridgehead atoms. The molecule has 0 aliphatic heterocycles. The van der Waals surface area contributed by atoms with Gasteiger partial charge in [-0.1, -0.05) is 60.9 Å². The topological polar surface area (TPSA) is 37.4 Å². The zero-order chi connectivity index (χ0) is 46.0. The summed E-state index contributed by atoms with van der Waals surface area (Å²) in [6.45, 7) is 24.1. The Morgan fingerprint density at radius 1 is 0.453 bits per heavy atom. The Morgan fingerprint density at radius 3 is 1.42 bits per heavy atom. The summed E-state index contributed by atoms with van der Waals surface area (Å²) >= 11 is 0. The van der Waals surface area contributed by atoms with Crippen molar-refractivity contribution in [3.8, 4) is 33.8 Å². The molecular formula is C59H66N5+3. The Morgan fingerprint density at radius 2 is 0.906 bits per heavy atom. The van der Waals surface area contributed by atoms with Crippen LogP contribution in [0.1, 0.15) is 69.5 Å². The lowest BCUT2D eigenvalue weighted by Gasteiger charge is -2.11. The van der Waals surface area contributed by atoms with Crippen molar-refractivity contribution in [2.24, 2.45) is 27.1 Å². The second-order valence-electron chi connectivity index (χ2n) is 18.4. The van der Waals surface area contributed by atoms with Crippen LogP contribution in [0.15, 0.2) is 128 Å². The quantitative estimate of drug-likeness (QED) is 0.162. The molecule has 5 heterocycles. The lowest BCUT2D eigenvalue weighted by Crippen LogP contribution is -2.32. The van der Waals surface area contributed by atoms with Crippen LogP contribution in [0.2, 0.25) is 0 Å². The fourth-order valence-corrected chi connectivity index (χ4v) is 9.20. The molecule has 0 atom stereocenters. The number of nitrogens with zero attached hydrogens (tertiary/aromatic N) is 5. The third-order valence-electron chi connectivity index (χ3n) is 13.0. The van der Waals surface area contributed by atoms with Gasteiger partial charge in [-0.3, -0.25) is 4.98 Å².